The number of allylic oxidation sites excluding steroid dienone is 1. The summed E-state index contributed by atoms with van der Waals surface area (Å²) in [6.45, 7) is 3.35. The van der Waals surface area contributed by atoms with Crippen LogP contribution in [0.2, 0.25) is 6.32 Å². The fourth-order valence-electron chi connectivity index (χ4n) is 0. The molecule has 0 saturated carbocycles. The van der Waals surface area contributed by atoms with Crippen molar-refractivity contribution in [2.24, 2.45) is 0 Å². The molecule has 0 atom stereocenters. The van der Waals surface area contributed by atoms with Crippen molar-refractivity contribution in [2.75, 3.05) is 0 Å². The van der Waals surface area contributed by atoms with Crippen LogP contribution in [-0.4, -0.2) is 7.85 Å². The molecule has 4 heavy (non-hydrogen) atoms. The average molecular weight is 51.9 g/mol. The Labute approximate surface area is 27.9 Å². The maximum absolute atomic E-state index is 4.91. The first-order chi connectivity index (χ1) is 1.91. The van der Waals surface area contributed by atoms with Gasteiger partial charge < -0.3 is 0 Å². The van der Waals surface area contributed by atoms with Crippen molar-refractivity contribution in [1.82, 2.24) is 0 Å². The van der Waals surface area contributed by atoms with E-state index in [1.54, 1.807) is 6.08 Å². The highest BCUT2D eigenvalue weighted by molar-refractivity contribution is 6.09. The molecule has 0 aliphatic heterocycles. The summed E-state index contributed by atoms with van der Waals surface area (Å²) in [6.07, 6.45) is 2.24. The minimum Gasteiger partial charge on any atom is -0.104 e. The van der Waals surface area contributed by atoms with Crippen molar-refractivity contribution in [1.29, 1.82) is 0 Å². The second-order valence-electron chi connectivity index (χ2n) is 0.524. The highest BCUT2D eigenvalue weighted by Gasteiger charge is 1.46. The molecule has 0 aliphatic rings. The van der Waals surface area contributed by atoms with Gasteiger partial charge in [0.2, 0.25) is 0 Å². The normalized spacial score (nSPS) is 6.00. The van der Waals surface area contributed by atoms with Crippen LogP contribution in [0, 0.1) is 0 Å². The molecule has 0 aromatic heterocycles. The van der Waals surface area contributed by atoms with Gasteiger partial charge in [0.25, 0.3) is 0 Å². The molecule has 1 heteroatoms. The van der Waals surface area contributed by atoms with Crippen LogP contribution in [-0.2, 0) is 0 Å². The van der Waals surface area contributed by atoms with E-state index in [-0.39, 0.29) is 0 Å². The van der Waals surface area contributed by atoms with Gasteiger partial charge in [-0.1, -0.05) is 6.32 Å². The van der Waals surface area contributed by atoms with E-state index in [9.17, 15) is 0 Å². The van der Waals surface area contributed by atoms with Gasteiger partial charge in [-0.05, 0) is 0 Å². The third-order valence-electron chi connectivity index (χ3n) is 0.167. The number of hydrogen-bond donors (Lipinski definition) is 0. The molecule has 0 amide bonds. The molecule has 0 nitrogen and oxygen atoms in total. The summed E-state index contributed by atoms with van der Waals surface area (Å²) in [4.78, 5) is 0. The fraction of sp³-hybridized carbons (Fsp3) is 0.333. The Kier molecular flexibility index (Phi) is 2.67. The van der Waals surface area contributed by atoms with Crippen LogP contribution >= 0.6 is 0 Å². The number of hydrogen-bond acceptors (Lipinski definition) is 0. The van der Waals surface area contributed by atoms with Crippen molar-refractivity contribution < 1.29 is 0 Å². The van der Waals surface area contributed by atoms with Crippen LogP contribution in [0.5, 0.6) is 0 Å². The Bertz CT molecular complexity index is 17.2. The first kappa shape index (κ1) is 3.80. The Morgan fingerprint density at radius 2 is 2.25 bits per heavy atom. The lowest BCUT2D eigenvalue weighted by atomic mass is 10.1. The Morgan fingerprint density at radius 3 is 2.25 bits per heavy atom. The van der Waals surface area contributed by atoms with E-state index in [4.69, 9.17) is 7.85 Å². The molecule has 0 heterocycles. The van der Waals surface area contributed by atoms with Gasteiger partial charge in [-0.2, -0.15) is 0 Å². The zero-order valence-corrected chi connectivity index (χ0v) is 2.57. The van der Waals surface area contributed by atoms with E-state index in [1.165, 1.54) is 0 Å². The molecule has 0 aromatic carbocycles. The smallest absolute Gasteiger partial charge is 0.0708 e. The van der Waals surface area contributed by atoms with Gasteiger partial charge in [-0.15, -0.1) is 12.7 Å². The maximum atomic E-state index is 4.91. The third-order valence-corrected chi connectivity index (χ3v) is 0.167. The van der Waals surface area contributed by atoms with Crippen molar-refractivity contribution in [3.63, 3.8) is 0 Å². The molecule has 0 saturated heterocycles. The van der Waals surface area contributed by atoms with Gasteiger partial charge in [-0.3, -0.25) is 0 Å². The van der Waals surface area contributed by atoms with E-state index < -0.39 is 0 Å². The second-order valence-corrected chi connectivity index (χ2v) is 0.524. The molecule has 0 bridgehead atoms. The minimum atomic E-state index is 0.583. The summed E-state index contributed by atoms with van der Waals surface area (Å²) >= 11 is 0. The van der Waals surface area contributed by atoms with E-state index in [0.29, 0.717) is 6.32 Å². The first-order valence-electron chi connectivity index (χ1n) is 1.22. The molecule has 0 aliphatic carbocycles. The Morgan fingerprint density at radius 1 is 2.00 bits per heavy atom. The lowest BCUT2D eigenvalue weighted by molar-refractivity contribution is 1.76. The van der Waals surface area contributed by atoms with Crippen LogP contribution in [0.4, 0.5) is 0 Å². The Balaban J connectivity index is 2.30. The van der Waals surface area contributed by atoms with Gasteiger partial charge >= 0.3 is 0 Å². The van der Waals surface area contributed by atoms with Crippen molar-refractivity contribution in [2.45, 2.75) is 6.32 Å². The van der Waals surface area contributed by atoms with E-state index in [0.717, 1.165) is 0 Å². The van der Waals surface area contributed by atoms with Gasteiger partial charge in [0.1, 0.15) is 0 Å². The van der Waals surface area contributed by atoms with Crippen LogP contribution in [0.3, 0.4) is 0 Å². The molecular formula is C3H5B. The van der Waals surface area contributed by atoms with Crippen LogP contribution < -0.4 is 0 Å². The molecule has 0 fully saturated rings. The zero-order valence-electron chi connectivity index (χ0n) is 2.57. The van der Waals surface area contributed by atoms with Crippen LogP contribution in [0.25, 0.3) is 0 Å². The van der Waals surface area contributed by atoms with Gasteiger partial charge in [-0.25, -0.2) is 0 Å². The quantitative estimate of drug-likeness (QED) is 0.305. The largest absolute Gasteiger partial charge is 0.104 e. The topological polar surface area (TPSA) is 0 Å². The summed E-state index contributed by atoms with van der Waals surface area (Å²) in [5, 5.41) is 0. The molecular weight excluding hydrogens is 46.8 g/mol. The van der Waals surface area contributed by atoms with Crippen LogP contribution in [0.1, 0.15) is 0 Å². The van der Waals surface area contributed by atoms with E-state index in [2.05, 4.69) is 6.58 Å². The highest BCUT2D eigenvalue weighted by atomic mass is 13.4. The van der Waals surface area contributed by atoms with Crippen molar-refractivity contribution in [3.05, 3.63) is 12.7 Å². The number of rotatable bonds is 1. The third kappa shape index (κ3) is 1.80. The van der Waals surface area contributed by atoms with E-state index >= 15 is 0 Å². The van der Waals surface area contributed by atoms with Crippen LogP contribution in [0.15, 0.2) is 12.7 Å². The first-order valence-corrected chi connectivity index (χ1v) is 1.22. The standard InChI is InChI=1S/C3H5B/c1-2-3-4/h2H,1,3H2. The molecule has 20 valence electrons. The van der Waals surface area contributed by atoms with Gasteiger partial charge in [0.05, 0.1) is 7.85 Å². The average Bonchev–Trinajstić information content (AvgIpc) is 1.37. The summed E-state index contributed by atoms with van der Waals surface area (Å²) in [5.74, 6) is 0. The van der Waals surface area contributed by atoms with Crippen molar-refractivity contribution in [3.8, 4) is 0 Å². The lowest BCUT2D eigenvalue weighted by Crippen LogP contribution is -1.47. The van der Waals surface area contributed by atoms with Gasteiger partial charge in [0.15, 0.2) is 0 Å². The Hall–Kier alpha value is -0.195. The SMILES string of the molecule is [B]CC=C. The summed E-state index contributed by atoms with van der Waals surface area (Å²) < 4.78 is 0. The summed E-state index contributed by atoms with van der Waals surface area (Å²) in [5.41, 5.74) is 0. The molecule has 0 N–H and O–H groups in total. The zero-order chi connectivity index (χ0) is 3.41. The van der Waals surface area contributed by atoms with E-state index in [1.807, 2.05) is 0 Å². The fourth-order valence-corrected chi connectivity index (χ4v) is 0. The summed E-state index contributed by atoms with van der Waals surface area (Å²) in [6, 6.07) is 0. The lowest BCUT2D eigenvalue weighted by Gasteiger charge is -1.57. The molecule has 0 spiro atoms. The van der Waals surface area contributed by atoms with Gasteiger partial charge in [0, 0.05) is 0 Å². The molecule has 0 rings (SSSR count). The predicted octanol–water partition coefficient (Wildman–Crippen LogP) is 0.759. The van der Waals surface area contributed by atoms with Crippen molar-refractivity contribution >= 4 is 7.85 Å². The monoisotopic (exact) mass is 52.0 g/mol. The summed E-state index contributed by atoms with van der Waals surface area (Å²) in [7, 11) is 4.91. The maximum Gasteiger partial charge on any atom is 0.0708 e. The second kappa shape index (κ2) is 2.80. The molecule has 2 radical (unpaired) electrons. The predicted molar refractivity (Wildman–Crippen MR) is 20.8 cm³/mol. The highest BCUT2D eigenvalue weighted by Crippen LogP contribution is 1.61. The molecule has 0 unspecified atom stereocenters. The molecule has 0 aromatic rings. The minimum absolute atomic E-state index is 0.583.